The number of benzene rings is 2. The molecule has 0 fully saturated rings. The highest BCUT2D eigenvalue weighted by Gasteiger charge is 2.11. The van der Waals surface area contributed by atoms with Crippen LogP contribution >= 0.6 is 0 Å². The predicted octanol–water partition coefficient (Wildman–Crippen LogP) is 4.22. The number of rotatable bonds is 7. The molecule has 6 heteroatoms. The van der Waals surface area contributed by atoms with Gasteiger partial charge in [-0.2, -0.15) is 5.10 Å². The lowest BCUT2D eigenvalue weighted by molar-refractivity contribution is -0.402. The summed E-state index contributed by atoms with van der Waals surface area (Å²) in [5, 5.41) is 17.0. The normalized spacial score (nSPS) is 10.9. The van der Waals surface area contributed by atoms with Crippen LogP contribution in [-0.4, -0.2) is 16.1 Å². The minimum Gasteiger partial charge on any atom is -0.400 e. The first kappa shape index (κ1) is 16.4. The Kier molecular flexibility index (Phi) is 5.21. The first-order chi connectivity index (χ1) is 12.2. The largest absolute Gasteiger partial charge is 0.433 e. The van der Waals surface area contributed by atoms with Crippen molar-refractivity contribution in [3.8, 4) is 0 Å². The number of nitro groups is 1. The van der Waals surface area contributed by atoms with E-state index in [1.807, 2.05) is 65.7 Å². The molecule has 1 aromatic heterocycles. The van der Waals surface area contributed by atoms with Gasteiger partial charge in [-0.15, -0.1) is 0 Å². The summed E-state index contributed by atoms with van der Waals surface area (Å²) in [4.78, 5) is 10.1. The van der Waals surface area contributed by atoms with E-state index in [0.29, 0.717) is 18.8 Å². The molecule has 25 heavy (non-hydrogen) atoms. The summed E-state index contributed by atoms with van der Waals surface area (Å²) in [6.45, 7) is 1.24. The average molecular weight is 335 g/mol. The van der Waals surface area contributed by atoms with Gasteiger partial charge >= 0.3 is 5.88 Å². The molecule has 126 valence electrons. The predicted molar refractivity (Wildman–Crippen MR) is 95.1 cm³/mol. The Bertz CT molecular complexity index is 803. The number of furan rings is 1. The highest BCUT2D eigenvalue weighted by atomic mass is 16.6. The summed E-state index contributed by atoms with van der Waals surface area (Å²) < 4.78 is 5.12. The monoisotopic (exact) mass is 335 g/mol. The van der Waals surface area contributed by atoms with Crippen LogP contribution in [0.25, 0.3) is 0 Å². The van der Waals surface area contributed by atoms with Gasteiger partial charge in [-0.25, -0.2) is 0 Å². The van der Waals surface area contributed by atoms with Crippen LogP contribution in [0.2, 0.25) is 0 Å². The lowest BCUT2D eigenvalue weighted by Gasteiger charge is -2.19. The van der Waals surface area contributed by atoms with E-state index < -0.39 is 4.92 Å². The van der Waals surface area contributed by atoms with Crippen LogP contribution in [0.3, 0.4) is 0 Å². The second-order valence-corrected chi connectivity index (χ2v) is 5.47. The third kappa shape index (κ3) is 4.78. The zero-order valence-electron chi connectivity index (χ0n) is 13.5. The molecule has 3 rings (SSSR count). The topological polar surface area (TPSA) is 71.9 Å². The summed E-state index contributed by atoms with van der Waals surface area (Å²) in [6, 6.07) is 22.8. The first-order valence-electron chi connectivity index (χ1n) is 7.82. The molecule has 0 amide bonds. The van der Waals surface area contributed by atoms with Crippen LogP contribution in [0.1, 0.15) is 16.9 Å². The summed E-state index contributed by atoms with van der Waals surface area (Å²) >= 11 is 0. The quantitative estimate of drug-likeness (QED) is 0.368. The van der Waals surface area contributed by atoms with Crippen LogP contribution in [-0.2, 0) is 13.1 Å². The summed E-state index contributed by atoms with van der Waals surface area (Å²) in [7, 11) is 0. The van der Waals surface area contributed by atoms with Crippen LogP contribution in [0, 0.1) is 10.1 Å². The molecular weight excluding hydrogens is 318 g/mol. The Labute approximate surface area is 145 Å². The van der Waals surface area contributed by atoms with Gasteiger partial charge in [-0.1, -0.05) is 60.7 Å². The molecule has 0 unspecified atom stereocenters. The molecule has 0 aliphatic rings. The summed E-state index contributed by atoms with van der Waals surface area (Å²) in [5.41, 5.74) is 2.25. The number of hydrogen-bond donors (Lipinski definition) is 0. The molecule has 0 saturated carbocycles. The maximum atomic E-state index is 10.7. The van der Waals surface area contributed by atoms with E-state index in [1.165, 1.54) is 18.3 Å². The van der Waals surface area contributed by atoms with E-state index in [9.17, 15) is 10.1 Å². The Hall–Kier alpha value is -3.41. The number of hydrogen-bond acceptors (Lipinski definition) is 5. The standard InChI is InChI=1S/C19H17N3O3/c23-22(24)19-12-11-18(25-19)13-20-21(14-16-7-3-1-4-8-16)15-17-9-5-2-6-10-17/h1-13H,14-15H2. The molecule has 0 aliphatic carbocycles. The highest BCUT2D eigenvalue weighted by Crippen LogP contribution is 2.15. The first-order valence-corrected chi connectivity index (χ1v) is 7.82. The van der Waals surface area contributed by atoms with Gasteiger partial charge in [0.1, 0.15) is 4.92 Å². The van der Waals surface area contributed by atoms with Crippen molar-refractivity contribution < 1.29 is 9.34 Å². The molecule has 0 aliphatic heterocycles. The minimum absolute atomic E-state index is 0.292. The average Bonchev–Trinajstić information content (AvgIpc) is 3.11. The lowest BCUT2D eigenvalue weighted by atomic mass is 10.2. The van der Waals surface area contributed by atoms with Gasteiger partial charge in [0.15, 0.2) is 5.76 Å². The van der Waals surface area contributed by atoms with Crippen LogP contribution in [0.15, 0.2) is 82.3 Å². The Balaban J connectivity index is 1.77. The Morgan fingerprint density at radius 1 is 0.920 bits per heavy atom. The molecule has 1 heterocycles. The van der Waals surface area contributed by atoms with E-state index in [0.717, 1.165) is 11.1 Å². The van der Waals surface area contributed by atoms with Gasteiger partial charge in [0.05, 0.1) is 25.4 Å². The molecule has 0 atom stereocenters. The zero-order chi connectivity index (χ0) is 17.5. The molecular formula is C19H17N3O3. The van der Waals surface area contributed by atoms with Gasteiger partial charge in [0.25, 0.3) is 0 Å². The maximum absolute atomic E-state index is 10.7. The summed E-state index contributed by atoms with van der Waals surface area (Å²) in [6.07, 6.45) is 1.50. The van der Waals surface area contributed by atoms with E-state index in [-0.39, 0.29) is 5.88 Å². The van der Waals surface area contributed by atoms with Crippen molar-refractivity contribution in [3.05, 3.63) is 99.8 Å². The smallest absolute Gasteiger partial charge is 0.400 e. The van der Waals surface area contributed by atoms with Crippen molar-refractivity contribution in [3.63, 3.8) is 0 Å². The molecule has 0 N–H and O–H groups in total. The van der Waals surface area contributed by atoms with E-state index in [4.69, 9.17) is 4.42 Å². The van der Waals surface area contributed by atoms with Crippen molar-refractivity contribution in [1.29, 1.82) is 0 Å². The molecule has 6 nitrogen and oxygen atoms in total. The van der Waals surface area contributed by atoms with Crippen LogP contribution in [0.4, 0.5) is 5.88 Å². The van der Waals surface area contributed by atoms with Crippen molar-refractivity contribution >= 4 is 12.1 Å². The van der Waals surface area contributed by atoms with Gasteiger partial charge < -0.3 is 4.42 Å². The van der Waals surface area contributed by atoms with Crippen molar-refractivity contribution in [1.82, 2.24) is 5.01 Å². The third-order valence-corrected chi connectivity index (χ3v) is 3.56. The minimum atomic E-state index is -0.566. The second-order valence-electron chi connectivity index (χ2n) is 5.47. The van der Waals surface area contributed by atoms with Crippen molar-refractivity contribution in [2.24, 2.45) is 5.10 Å². The highest BCUT2D eigenvalue weighted by molar-refractivity contribution is 5.76. The second kappa shape index (κ2) is 7.92. The summed E-state index contributed by atoms with van der Waals surface area (Å²) in [5.74, 6) is 0.0527. The molecule has 3 aromatic rings. The fourth-order valence-corrected chi connectivity index (χ4v) is 2.37. The van der Waals surface area contributed by atoms with E-state index in [2.05, 4.69) is 5.10 Å². The van der Waals surface area contributed by atoms with Crippen molar-refractivity contribution in [2.75, 3.05) is 0 Å². The third-order valence-electron chi connectivity index (χ3n) is 3.56. The maximum Gasteiger partial charge on any atom is 0.433 e. The molecule has 2 aromatic carbocycles. The molecule has 0 radical (unpaired) electrons. The SMILES string of the molecule is O=[N+]([O-])c1ccc(C=NN(Cc2ccccc2)Cc2ccccc2)o1. The Morgan fingerprint density at radius 3 is 1.96 bits per heavy atom. The fourth-order valence-electron chi connectivity index (χ4n) is 2.37. The van der Waals surface area contributed by atoms with Gasteiger partial charge in [-0.05, 0) is 17.2 Å². The van der Waals surface area contributed by atoms with Crippen molar-refractivity contribution in [2.45, 2.75) is 13.1 Å². The number of nitrogens with zero attached hydrogens (tertiary/aromatic N) is 3. The zero-order valence-corrected chi connectivity index (χ0v) is 13.5. The van der Waals surface area contributed by atoms with E-state index in [1.54, 1.807) is 0 Å². The number of hydrazone groups is 1. The lowest BCUT2D eigenvalue weighted by Crippen LogP contribution is -2.16. The van der Waals surface area contributed by atoms with Gasteiger partial charge in [0, 0.05) is 0 Å². The van der Waals surface area contributed by atoms with Crippen LogP contribution < -0.4 is 0 Å². The Morgan fingerprint density at radius 2 is 1.48 bits per heavy atom. The van der Waals surface area contributed by atoms with E-state index >= 15 is 0 Å². The molecule has 0 saturated heterocycles. The molecule has 0 spiro atoms. The molecule has 0 bridgehead atoms. The van der Waals surface area contributed by atoms with Gasteiger partial charge in [-0.3, -0.25) is 15.1 Å². The van der Waals surface area contributed by atoms with Crippen LogP contribution in [0.5, 0.6) is 0 Å². The van der Waals surface area contributed by atoms with Gasteiger partial charge in [0.2, 0.25) is 0 Å². The fraction of sp³-hybridized carbons (Fsp3) is 0.105.